The first-order valence-corrected chi connectivity index (χ1v) is 5.15. The van der Waals surface area contributed by atoms with Gasteiger partial charge in [0.15, 0.2) is 0 Å². The molecule has 0 radical (unpaired) electrons. The van der Waals surface area contributed by atoms with Crippen LogP contribution in [0.1, 0.15) is 19.5 Å². The van der Waals surface area contributed by atoms with Crippen LogP contribution < -0.4 is 10.6 Å². The van der Waals surface area contributed by atoms with Crippen LogP contribution in [0.15, 0.2) is 12.1 Å². The van der Waals surface area contributed by atoms with E-state index in [9.17, 15) is 0 Å². The lowest BCUT2D eigenvalue weighted by Crippen LogP contribution is -2.37. The molecule has 2 heterocycles. The van der Waals surface area contributed by atoms with Gasteiger partial charge in [0.1, 0.15) is 5.82 Å². The van der Waals surface area contributed by atoms with Gasteiger partial charge in [-0.1, -0.05) is 13.8 Å². The molecule has 76 valence electrons. The van der Waals surface area contributed by atoms with Gasteiger partial charge >= 0.3 is 0 Å². The van der Waals surface area contributed by atoms with E-state index < -0.39 is 0 Å². The second-order valence-electron chi connectivity index (χ2n) is 4.22. The largest absolute Gasteiger partial charge is 0.380 e. The van der Waals surface area contributed by atoms with Gasteiger partial charge in [-0.05, 0) is 25.0 Å². The average Bonchev–Trinajstić information content (AvgIpc) is 2.16. The van der Waals surface area contributed by atoms with Gasteiger partial charge in [-0.15, -0.1) is 0 Å². The molecular weight excluding hydrogens is 174 g/mol. The van der Waals surface area contributed by atoms with Crippen molar-refractivity contribution in [2.45, 2.75) is 26.8 Å². The Morgan fingerprint density at radius 2 is 2.21 bits per heavy atom. The SMILES string of the molecule is Cc1ccc2c(n1)NC(C(C)C)CN2. The molecule has 1 aromatic rings. The topological polar surface area (TPSA) is 37.0 Å². The predicted molar refractivity (Wildman–Crippen MR) is 59.7 cm³/mol. The third kappa shape index (κ3) is 1.67. The van der Waals surface area contributed by atoms with Crippen LogP contribution in [0.2, 0.25) is 0 Å². The Bertz CT molecular complexity index is 333. The second-order valence-corrected chi connectivity index (χ2v) is 4.22. The maximum atomic E-state index is 4.47. The molecule has 2 N–H and O–H groups in total. The second kappa shape index (κ2) is 3.48. The molecule has 1 aliphatic heterocycles. The summed E-state index contributed by atoms with van der Waals surface area (Å²) in [6.07, 6.45) is 0. The third-order valence-corrected chi connectivity index (χ3v) is 2.67. The predicted octanol–water partition coefficient (Wildman–Crippen LogP) is 2.25. The van der Waals surface area contributed by atoms with E-state index in [0.29, 0.717) is 12.0 Å². The minimum Gasteiger partial charge on any atom is -0.380 e. The number of hydrogen-bond donors (Lipinski definition) is 2. The van der Waals surface area contributed by atoms with Crippen LogP contribution in [0.4, 0.5) is 11.5 Å². The molecule has 3 nitrogen and oxygen atoms in total. The number of aromatic nitrogens is 1. The van der Waals surface area contributed by atoms with Gasteiger partial charge in [0.05, 0.1) is 5.69 Å². The molecule has 2 rings (SSSR count). The maximum Gasteiger partial charge on any atom is 0.149 e. The van der Waals surface area contributed by atoms with E-state index in [2.05, 4.69) is 35.5 Å². The Morgan fingerprint density at radius 3 is 2.93 bits per heavy atom. The molecule has 14 heavy (non-hydrogen) atoms. The van der Waals surface area contributed by atoms with Crippen LogP contribution in [-0.2, 0) is 0 Å². The van der Waals surface area contributed by atoms with Crippen molar-refractivity contribution in [2.75, 3.05) is 17.2 Å². The van der Waals surface area contributed by atoms with Crippen molar-refractivity contribution in [1.29, 1.82) is 0 Å². The molecular formula is C11H17N3. The summed E-state index contributed by atoms with van der Waals surface area (Å²) in [5, 5.41) is 6.86. The highest BCUT2D eigenvalue weighted by Gasteiger charge is 2.20. The Labute approximate surface area is 84.9 Å². The van der Waals surface area contributed by atoms with Gasteiger partial charge in [0.2, 0.25) is 0 Å². The van der Waals surface area contributed by atoms with Gasteiger partial charge in [-0.2, -0.15) is 0 Å². The fourth-order valence-corrected chi connectivity index (χ4v) is 1.66. The summed E-state index contributed by atoms with van der Waals surface area (Å²) in [7, 11) is 0. The van der Waals surface area contributed by atoms with Crippen LogP contribution in [0.5, 0.6) is 0 Å². The molecule has 0 aromatic carbocycles. The molecule has 1 aliphatic rings. The van der Waals surface area contributed by atoms with E-state index in [0.717, 1.165) is 23.7 Å². The van der Waals surface area contributed by atoms with Crippen molar-refractivity contribution < 1.29 is 0 Å². The highest BCUT2D eigenvalue weighted by Crippen LogP contribution is 2.25. The molecule has 0 saturated heterocycles. The van der Waals surface area contributed by atoms with Crippen LogP contribution in [0, 0.1) is 12.8 Å². The van der Waals surface area contributed by atoms with Crippen molar-refractivity contribution in [1.82, 2.24) is 4.98 Å². The summed E-state index contributed by atoms with van der Waals surface area (Å²) >= 11 is 0. The smallest absolute Gasteiger partial charge is 0.149 e. The number of aryl methyl sites for hydroxylation is 1. The number of anilines is 2. The van der Waals surface area contributed by atoms with Gasteiger partial charge < -0.3 is 10.6 Å². The van der Waals surface area contributed by atoms with Crippen LogP contribution in [0.3, 0.4) is 0 Å². The Hall–Kier alpha value is -1.25. The monoisotopic (exact) mass is 191 g/mol. The van der Waals surface area contributed by atoms with Crippen molar-refractivity contribution in [3.8, 4) is 0 Å². The van der Waals surface area contributed by atoms with Crippen molar-refractivity contribution >= 4 is 11.5 Å². The zero-order valence-electron chi connectivity index (χ0n) is 8.96. The summed E-state index contributed by atoms with van der Waals surface area (Å²) in [4.78, 5) is 4.47. The number of fused-ring (bicyclic) bond motifs is 1. The van der Waals surface area contributed by atoms with Crippen molar-refractivity contribution in [3.63, 3.8) is 0 Å². The lowest BCUT2D eigenvalue weighted by atomic mass is 10.0. The first kappa shape index (κ1) is 9.31. The van der Waals surface area contributed by atoms with Gasteiger partial charge in [-0.3, -0.25) is 0 Å². The number of nitrogens with one attached hydrogen (secondary N) is 2. The first-order valence-electron chi connectivity index (χ1n) is 5.15. The van der Waals surface area contributed by atoms with E-state index in [-0.39, 0.29) is 0 Å². The molecule has 1 atom stereocenters. The van der Waals surface area contributed by atoms with E-state index in [1.54, 1.807) is 0 Å². The van der Waals surface area contributed by atoms with E-state index in [4.69, 9.17) is 0 Å². The standard InChI is InChI=1S/C11H17N3/c1-7(2)10-6-12-9-5-4-8(3)13-11(9)14-10/h4-5,7,10,12H,6H2,1-3H3,(H,13,14). The van der Waals surface area contributed by atoms with Gasteiger partial charge in [-0.25, -0.2) is 4.98 Å². The fourth-order valence-electron chi connectivity index (χ4n) is 1.66. The molecule has 3 heteroatoms. The number of hydrogen-bond acceptors (Lipinski definition) is 3. The number of rotatable bonds is 1. The summed E-state index contributed by atoms with van der Waals surface area (Å²) in [6, 6.07) is 4.60. The van der Waals surface area contributed by atoms with Crippen molar-refractivity contribution in [3.05, 3.63) is 17.8 Å². The quantitative estimate of drug-likeness (QED) is 0.715. The molecule has 0 fully saturated rings. The Kier molecular flexibility index (Phi) is 2.32. The summed E-state index contributed by atoms with van der Waals surface area (Å²) in [5.74, 6) is 1.62. The molecule has 0 aliphatic carbocycles. The molecule has 0 spiro atoms. The lowest BCUT2D eigenvalue weighted by molar-refractivity contribution is 0.534. The van der Waals surface area contributed by atoms with E-state index in [1.807, 2.05) is 13.0 Å². The third-order valence-electron chi connectivity index (χ3n) is 2.67. The molecule has 0 saturated carbocycles. The lowest BCUT2D eigenvalue weighted by Gasteiger charge is -2.30. The Balaban J connectivity index is 2.24. The van der Waals surface area contributed by atoms with Crippen LogP contribution >= 0.6 is 0 Å². The highest BCUT2D eigenvalue weighted by atomic mass is 15.1. The van der Waals surface area contributed by atoms with E-state index in [1.165, 1.54) is 0 Å². The molecule has 1 aromatic heterocycles. The highest BCUT2D eigenvalue weighted by molar-refractivity contribution is 5.67. The van der Waals surface area contributed by atoms with Crippen LogP contribution in [-0.4, -0.2) is 17.6 Å². The molecule has 1 unspecified atom stereocenters. The number of pyridine rings is 1. The van der Waals surface area contributed by atoms with Gasteiger partial charge in [0.25, 0.3) is 0 Å². The fraction of sp³-hybridized carbons (Fsp3) is 0.545. The first-order chi connectivity index (χ1) is 6.66. The minimum absolute atomic E-state index is 0.483. The minimum atomic E-state index is 0.483. The summed E-state index contributed by atoms with van der Waals surface area (Å²) in [5.41, 5.74) is 2.18. The number of nitrogens with zero attached hydrogens (tertiary/aromatic N) is 1. The molecule has 0 bridgehead atoms. The summed E-state index contributed by atoms with van der Waals surface area (Å²) in [6.45, 7) is 7.44. The van der Waals surface area contributed by atoms with Crippen molar-refractivity contribution in [2.24, 2.45) is 5.92 Å². The average molecular weight is 191 g/mol. The van der Waals surface area contributed by atoms with E-state index >= 15 is 0 Å². The van der Waals surface area contributed by atoms with Crippen LogP contribution in [0.25, 0.3) is 0 Å². The zero-order valence-corrected chi connectivity index (χ0v) is 8.96. The van der Waals surface area contributed by atoms with Gasteiger partial charge in [0, 0.05) is 18.3 Å². The normalized spacial score (nSPS) is 19.9. The molecule has 0 amide bonds. The maximum absolute atomic E-state index is 4.47. The zero-order chi connectivity index (χ0) is 10.1. The summed E-state index contributed by atoms with van der Waals surface area (Å²) < 4.78 is 0. The Morgan fingerprint density at radius 1 is 1.43 bits per heavy atom.